The molecule has 3 aromatic rings. The number of pyridine rings is 1. The van der Waals surface area contributed by atoms with Crippen molar-refractivity contribution in [3.8, 4) is 0 Å². The first-order valence-corrected chi connectivity index (χ1v) is 8.08. The van der Waals surface area contributed by atoms with E-state index in [1.54, 1.807) is 42.5 Å². The number of hydrogen-bond donors (Lipinski definition) is 1. The molecule has 0 aliphatic rings. The van der Waals surface area contributed by atoms with Gasteiger partial charge in [0.05, 0.1) is 11.0 Å². The summed E-state index contributed by atoms with van der Waals surface area (Å²) in [4.78, 5) is 27.1. The smallest absolute Gasteiger partial charge is 0.366 e. The molecule has 0 fully saturated rings. The molecule has 2 aromatic heterocycles. The van der Waals surface area contributed by atoms with Gasteiger partial charge < -0.3 is 5.11 Å². The second-order valence-corrected chi connectivity index (χ2v) is 6.00. The molecule has 0 saturated carbocycles. The Labute approximate surface area is 140 Å². The molecule has 0 amide bonds. The Hall–Kier alpha value is -2.71. The highest BCUT2D eigenvalue weighted by Gasteiger charge is 2.24. The Morgan fingerprint density at radius 2 is 1.92 bits per heavy atom. The molecule has 2 heterocycles. The van der Waals surface area contributed by atoms with Gasteiger partial charge in [0, 0.05) is 11.9 Å². The summed E-state index contributed by atoms with van der Waals surface area (Å²) < 4.78 is 1.13. The third-order valence-corrected chi connectivity index (χ3v) is 4.46. The van der Waals surface area contributed by atoms with Gasteiger partial charge in [-0.05, 0) is 17.7 Å². The minimum atomic E-state index is -0.813. The summed E-state index contributed by atoms with van der Waals surface area (Å²) in [6.45, 7) is 0. The number of hydrogen-bond acceptors (Lipinski definition) is 6. The van der Waals surface area contributed by atoms with Gasteiger partial charge in [-0.1, -0.05) is 48.2 Å². The molecule has 122 valence electrons. The molecule has 8 heteroatoms. The van der Waals surface area contributed by atoms with Gasteiger partial charge in [0.1, 0.15) is 5.65 Å². The lowest BCUT2D eigenvalue weighted by Gasteiger charge is -2.10. The zero-order chi connectivity index (χ0) is 17.1. The largest absolute Gasteiger partial charge is 0.388 e. The number of aromatic nitrogens is 2. The highest BCUT2D eigenvalue weighted by Crippen LogP contribution is 2.28. The van der Waals surface area contributed by atoms with Crippen LogP contribution in [-0.4, -0.2) is 25.2 Å². The van der Waals surface area contributed by atoms with Gasteiger partial charge in [0.15, 0.2) is 5.03 Å². The maximum Gasteiger partial charge on any atom is 0.366 e. The number of aliphatic hydroxyl groups excluding tert-OH is 1. The average molecular weight is 343 g/mol. The Kier molecular flexibility index (Phi) is 4.59. The molecule has 0 unspecified atom stereocenters. The van der Waals surface area contributed by atoms with E-state index in [9.17, 15) is 20.0 Å². The van der Waals surface area contributed by atoms with E-state index in [1.165, 1.54) is 6.20 Å². The van der Waals surface area contributed by atoms with Gasteiger partial charge in [-0.25, -0.2) is 4.98 Å². The number of nitrogens with zero attached hydrogens (tertiary/aromatic N) is 3. The Morgan fingerprint density at radius 1 is 1.21 bits per heavy atom. The van der Waals surface area contributed by atoms with E-state index in [2.05, 4.69) is 4.98 Å². The molecule has 0 aliphatic heterocycles. The molecule has 1 atom stereocenters. The van der Waals surface area contributed by atoms with Crippen molar-refractivity contribution >= 4 is 23.1 Å². The van der Waals surface area contributed by atoms with Crippen molar-refractivity contribution in [2.75, 3.05) is 5.75 Å². The van der Waals surface area contributed by atoms with Crippen LogP contribution in [0, 0.1) is 10.1 Å². The van der Waals surface area contributed by atoms with Gasteiger partial charge in [-0.3, -0.25) is 19.3 Å². The van der Waals surface area contributed by atoms with Crippen LogP contribution in [0.25, 0.3) is 5.65 Å². The third kappa shape index (κ3) is 3.15. The molecule has 1 aromatic carbocycles. The molecule has 0 radical (unpaired) electrons. The van der Waals surface area contributed by atoms with Crippen LogP contribution in [0.4, 0.5) is 5.69 Å². The standard InChI is InChI=1S/C16H13N3O4S/c20-12(11-6-2-1-3-7-11)10-24-15-14(19(22)23)16(21)18-9-5-4-8-13(18)17-15/h1-9,12,20H,10H2/t12-/m0/s1. The molecule has 0 aliphatic carbocycles. The van der Waals surface area contributed by atoms with Crippen molar-refractivity contribution in [2.45, 2.75) is 11.1 Å². The minimum Gasteiger partial charge on any atom is -0.388 e. The van der Waals surface area contributed by atoms with Crippen LogP contribution in [0.5, 0.6) is 0 Å². The van der Waals surface area contributed by atoms with Gasteiger partial charge in [0.2, 0.25) is 0 Å². The number of nitro groups is 1. The molecule has 7 nitrogen and oxygen atoms in total. The van der Waals surface area contributed by atoms with Crippen LogP contribution in [0.1, 0.15) is 11.7 Å². The molecular weight excluding hydrogens is 330 g/mol. The van der Waals surface area contributed by atoms with E-state index >= 15 is 0 Å². The van der Waals surface area contributed by atoms with Crippen molar-refractivity contribution in [2.24, 2.45) is 0 Å². The van der Waals surface area contributed by atoms with Crippen molar-refractivity contribution in [3.63, 3.8) is 0 Å². The van der Waals surface area contributed by atoms with E-state index in [-0.39, 0.29) is 10.8 Å². The molecule has 24 heavy (non-hydrogen) atoms. The van der Waals surface area contributed by atoms with Crippen LogP contribution < -0.4 is 5.56 Å². The molecule has 0 bridgehead atoms. The second kappa shape index (κ2) is 6.81. The fourth-order valence-electron chi connectivity index (χ4n) is 2.25. The number of fused-ring (bicyclic) bond motifs is 1. The number of benzene rings is 1. The number of rotatable bonds is 5. The Bertz CT molecular complexity index is 943. The van der Waals surface area contributed by atoms with Crippen LogP contribution >= 0.6 is 11.8 Å². The Balaban J connectivity index is 1.95. The summed E-state index contributed by atoms with van der Waals surface area (Å²) in [7, 11) is 0. The van der Waals surface area contributed by atoms with Crippen LogP contribution in [0.3, 0.4) is 0 Å². The van der Waals surface area contributed by atoms with Crippen molar-refractivity contribution in [1.82, 2.24) is 9.38 Å². The normalized spacial score (nSPS) is 12.2. The maximum absolute atomic E-state index is 12.3. The van der Waals surface area contributed by atoms with E-state index in [0.29, 0.717) is 11.2 Å². The van der Waals surface area contributed by atoms with Crippen molar-refractivity contribution < 1.29 is 10.0 Å². The summed E-state index contributed by atoms with van der Waals surface area (Å²) in [5.74, 6) is 0.153. The molecule has 1 N–H and O–H groups in total. The maximum atomic E-state index is 12.3. The summed E-state index contributed by atoms with van der Waals surface area (Å²) in [5, 5.41) is 21.5. The van der Waals surface area contributed by atoms with E-state index in [4.69, 9.17) is 0 Å². The lowest BCUT2D eigenvalue weighted by Crippen LogP contribution is -2.19. The highest BCUT2D eigenvalue weighted by molar-refractivity contribution is 7.99. The first-order valence-electron chi connectivity index (χ1n) is 7.09. The van der Waals surface area contributed by atoms with E-state index < -0.39 is 22.3 Å². The third-order valence-electron chi connectivity index (χ3n) is 3.42. The SMILES string of the molecule is O=c1c([N+](=O)[O-])c(SC[C@H](O)c2ccccc2)nc2ccccn12. The predicted molar refractivity (Wildman–Crippen MR) is 90.2 cm³/mol. The van der Waals surface area contributed by atoms with Crippen LogP contribution in [0.2, 0.25) is 0 Å². The minimum absolute atomic E-state index is 0.00572. The quantitative estimate of drug-likeness (QED) is 0.331. The van der Waals surface area contributed by atoms with Gasteiger partial charge in [-0.15, -0.1) is 0 Å². The lowest BCUT2D eigenvalue weighted by molar-refractivity contribution is -0.389. The molecule has 0 spiro atoms. The average Bonchev–Trinajstić information content (AvgIpc) is 2.60. The van der Waals surface area contributed by atoms with Crippen molar-refractivity contribution in [3.05, 3.63) is 80.8 Å². The lowest BCUT2D eigenvalue weighted by atomic mass is 10.1. The summed E-state index contributed by atoms with van der Waals surface area (Å²) in [6, 6.07) is 13.9. The number of aliphatic hydroxyl groups is 1. The summed E-state index contributed by atoms with van der Waals surface area (Å²) in [6.07, 6.45) is 0.622. The first-order chi connectivity index (χ1) is 11.6. The van der Waals surface area contributed by atoms with Gasteiger partial charge >= 0.3 is 11.2 Å². The Morgan fingerprint density at radius 3 is 2.62 bits per heavy atom. The predicted octanol–water partition coefficient (Wildman–Crippen LogP) is 2.43. The van der Waals surface area contributed by atoms with Crippen molar-refractivity contribution in [1.29, 1.82) is 0 Å². The van der Waals surface area contributed by atoms with Gasteiger partial charge in [0.25, 0.3) is 0 Å². The summed E-state index contributed by atoms with van der Waals surface area (Å²) >= 11 is 0.991. The van der Waals surface area contributed by atoms with Gasteiger partial charge in [-0.2, -0.15) is 0 Å². The molecule has 3 rings (SSSR count). The zero-order valence-electron chi connectivity index (χ0n) is 12.4. The fourth-order valence-corrected chi connectivity index (χ4v) is 3.21. The van der Waals surface area contributed by atoms with E-state index in [1.807, 2.05) is 6.07 Å². The number of thioether (sulfide) groups is 1. The van der Waals surface area contributed by atoms with Crippen LogP contribution in [-0.2, 0) is 0 Å². The molecular formula is C16H13N3O4S. The van der Waals surface area contributed by atoms with E-state index in [0.717, 1.165) is 16.2 Å². The topological polar surface area (TPSA) is 97.7 Å². The summed E-state index contributed by atoms with van der Waals surface area (Å²) in [5.41, 5.74) is -0.291. The monoisotopic (exact) mass is 343 g/mol. The second-order valence-electron chi connectivity index (χ2n) is 4.99. The first kappa shape index (κ1) is 16.2. The molecule has 0 saturated heterocycles. The fraction of sp³-hybridized carbons (Fsp3) is 0.125. The zero-order valence-corrected chi connectivity index (χ0v) is 13.2. The van der Waals surface area contributed by atoms with Crippen LogP contribution in [0.15, 0.2) is 64.5 Å². The highest BCUT2D eigenvalue weighted by atomic mass is 32.2.